The van der Waals surface area contributed by atoms with Crippen molar-refractivity contribution in [3.8, 4) is 0 Å². The molecule has 2 aliphatic rings. The molecular formula is C22H21BrN4O4. The summed E-state index contributed by atoms with van der Waals surface area (Å²) in [5.74, 6) is -1.15. The van der Waals surface area contributed by atoms with Crippen molar-refractivity contribution in [1.82, 2.24) is 15.8 Å². The fourth-order valence-corrected chi connectivity index (χ4v) is 4.62. The van der Waals surface area contributed by atoms with Gasteiger partial charge in [0.1, 0.15) is 5.66 Å². The Bertz CT molecular complexity index is 1090. The van der Waals surface area contributed by atoms with E-state index < -0.39 is 17.5 Å². The zero-order valence-electron chi connectivity index (χ0n) is 16.9. The van der Waals surface area contributed by atoms with Gasteiger partial charge in [-0.2, -0.15) is 0 Å². The predicted molar refractivity (Wildman–Crippen MR) is 117 cm³/mol. The number of nitrogens with one attached hydrogen (secondary N) is 2. The van der Waals surface area contributed by atoms with Crippen molar-refractivity contribution in [3.05, 3.63) is 64.1 Å². The number of anilines is 1. The lowest BCUT2D eigenvalue weighted by molar-refractivity contribution is -0.122. The highest BCUT2D eigenvalue weighted by molar-refractivity contribution is 9.10. The first-order valence-electron chi connectivity index (χ1n) is 9.91. The molecule has 8 nitrogen and oxygen atoms in total. The van der Waals surface area contributed by atoms with Crippen LogP contribution in [0.1, 0.15) is 46.9 Å². The number of halogens is 1. The van der Waals surface area contributed by atoms with Crippen LogP contribution in [-0.4, -0.2) is 40.7 Å². The zero-order chi connectivity index (χ0) is 22.2. The minimum Gasteiger partial charge on any atom is -0.315 e. The van der Waals surface area contributed by atoms with Crippen molar-refractivity contribution < 1.29 is 19.2 Å². The van der Waals surface area contributed by atoms with Gasteiger partial charge in [-0.25, -0.2) is 0 Å². The van der Waals surface area contributed by atoms with Crippen molar-refractivity contribution in [3.63, 3.8) is 0 Å². The number of fused-ring (bicyclic) bond motifs is 3. The van der Waals surface area contributed by atoms with Crippen molar-refractivity contribution in [2.45, 2.75) is 31.8 Å². The Morgan fingerprint density at radius 3 is 2.55 bits per heavy atom. The average Bonchev–Trinajstić information content (AvgIpc) is 3.07. The van der Waals surface area contributed by atoms with E-state index in [9.17, 15) is 19.2 Å². The van der Waals surface area contributed by atoms with Gasteiger partial charge in [-0.15, -0.1) is 0 Å². The van der Waals surface area contributed by atoms with Crippen molar-refractivity contribution in [2.24, 2.45) is 0 Å². The molecule has 2 heterocycles. The minimum atomic E-state index is -0.819. The number of benzene rings is 2. The van der Waals surface area contributed by atoms with E-state index in [1.54, 1.807) is 58.3 Å². The molecule has 1 saturated heterocycles. The van der Waals surface area contributed by atoms with E-state index in [1.807, 2.05) is 6.92 Å². The number of carbonyl (C=O) groups is 4. The summed E-state index contributed by atoms with van der Waals surface area (Å²) in [5.41, 5.74) is 5.39. The molecule has 2 aliphatic heterocycles. The molecule has 2 N–H and O–H groups in total. The third-order valence-electron chi connectivity index (χ3n) is 5.74. The normalized spacial score (nSPS) is 19.7. The first-order chi connectivity index (χ1) is 14.8. The number of hydrogen-bond acceptors (Lipinski definition) is 4. The summed E-state index contributed by atoms with van der Waals surface area (Å²) in [5, 5.41) is 0. The van der Waals surface area contributed by atoms with Gasteiger partial charge in [-0.3, -0.25) is 34.9 Å². The van der Waals surface area contributed by atoms with Crippen molar-refractivity contribution >= 4 is 45.2 Å². The lowest BCUT2D eigenvalue weighted by atomic mass is 9.98. The molecular weight excluding hydrogens is 464 g/mol. The topological polar surface area (TPSA) is 98.8 Å². The van der Waals surface area contributed by atoms with Crippen LogP contribution in [0.2, 0.25) is 0 Å². The fourth-order valence-electron chi connectivity index (χ4n) is 4.16. The number of carbonyl (C=O) groups excluding carboxylic acids is 4. The van der Waals surface area contributed by atoms with Gasteiger partial charge in [0, 0.05) is 23.9 Å². The summed E-state index contributed by atoms with van der Waals surface area (Å²) >= 11 is 3.29. The molecule has 9 heteroatoms. The van der Waals surface area contributed by atoms with Crippen LogP contribution in [0.5, 0.6) is 0 Å². The Labute approximate surface area is 187 Å². The molecule has 0 aromatic heterocycles. The van der Waals surface area contributed by atoms with E-state index in [2.05, 4.69) is 26.8 Å². The van der Waals surface area contributed by atoms with Gasteiger partial charge in [0.2, 0.25) is 11.8 Å². The van der Waals surface area contributed by atoms with Gasteiger partial charge in [0.05, 0.1) is 16.8 Å². The highest BCUT2D eigenvalue weighted by Crippen LogP contribution is 2.43. The molecule has 0 radical (unpaired) electrons. The molecule has 0 aliphatic carbocycles. The molecule has 31 heavy (non-hydrogen) atoms. The zero-order valence-corrected chi connectivity index (χ0v) is 18.4. The molecule has 4 rings (SSSR count). The van der Waals surface area contributed by atoms with Crippen molar-refractivity contribution in [2.75, 3.05) is 11.4 Å². The van der Waals surface area contributed by atoms with E-state index >= 15 is 0 Å². The Hall–Kier alpha value is -3.20. The fraction of sp³-hybridized carbons (Fsp3) is 0.273. The van der Waals surface area contributed by atoms with Gasteiger partial charge < -0.3 is 4.90 Å². The van der Waals surface area contributed by atoms with Gasteiger partial charge in [0.15, 0.2) is 0 Å². The standard InChI is InChI=1S/C22H21BrN4O4/c1-22-12-10-19(29)27(22)17-9-5-3-7-15(17)21(31)26(22)13-11-18(28)24-25-20(30)14-6-2-4-8-16(14)23/h2-9H,10-13H2,1H3,(H,24,28)(H,25,30). The first kappa shape index (κ1) is 21.0. The quantitative estimate of drug-likeness (QED) is 0.651. The SMILES string of the molecule is CC12CCC(=O)N1c1ccccc1C(=O)N2CCC(=O)NNC(=O)c1ccccc1Br. The number of nitrogens with zero attached hydrogens (tertiary/aromatic N) is 2. The molecule has 0 spiro atoms. The molecule has 2 aromatic carbocycles. The van der Waals surface area contributed by atoms with E-state index in [0.29, 0.717) is 34.1 Å². The highest BCUT2D eigenvalue weighted by Gasteiger charge is 2.52. The van der Waals surface area contributed by atoms with Crippen molar-refractivity contribution in [1.29, 1.82) is 0 Å². The molecule has 1 unspecified atom stereocenters. The second-order valence-corrected chi connectivity index (χ2v) is 8.51. The molecule has 1 fully saturated rings. The number of hydrazine groups is 1. The summed E-state index contributed by atoms with van der Waals surface area (Å²) in [6, 6.07) is 13.9. The maximum atomic E-state index is 13.2. The third-order valence-corrected chi connectivity index (χ3v) is 6.43. The van der Waals surface area contributed by atoms with Crippen LogP contribution in [-0.2, 0) is 9.59 Å². The van der Waals surface area contributed by atoms with Crippen LogP contribution < -0.4 is 15.8 Å². The largest absolute Gasteiger partial charge is 0.315 e. The maximum Gasteiger partial charge on any atom is 0.270 e. The Balaban J connectivity index is 1.44. The van der Waals surface area contributed by atoms with Crippen LogP contribution in [0.15, 0.2) is 53.0 Å². The van der Waals surface area contributed by atoms with Crippen LogP contribution in [0.4, 0.5) is 5.69 Å². The predicted octanol–water partition coefficient (Wildman–Crippen LogP) is 2.60. The Morgan fingerprint density at radius 2 is 1.77 bits per heavy atom. The minimum absolute atomic E-state index is 0.0260. The second-order valence-electron chi connectivity index (χ2n) is 7.65. The molecule has 160 valence electrons. The lowest BCUT2D eigenvalue weighted by Gasteiger charge is -2.48. The molecule has 2 aromatic rings. The maximum absolute atomic E-state index is 13.2. The van der Waals surface area contributed by atoms with Crippen LogP contribution in [0.3, 0.4) is 0 Å². The van der Waals surface area contributed by atoms with Crippen LogP contribution in [0, 0.1) is 0 Å². The third kappa shape index (κ3) is 3.69. The molecule has 1 atom stereocenters. The van der Waals surface area contributed by atoms with Crippen LogP contribution in [0.25, 0.3) is 0 Å². The monoisotopic (exact) mass is 484 g/mol. The molecule has 0 bridgehead atoms. The van der Waals surface area contributed by atoms with Gasteiger partial charge in [-0.05, 0) is 53.5 Å². The number of hydrogen-bond donors (Lipinski definition) is 2. The summed E-state index contributed by atoms with van der Waals surface area (Å²) in [6.45, 7) is 1.96. The summed E-state index contributed by atoms with van der Waals surface area (Å²) in [6.07, 6.45) is 0.802. The summed E-state index contributed by atoms with van der Waals surface area (Å²) in [7, 11) is 0. The highest BCUT2D eigenvalue weighted by atomic mass is 79.9. The summed E-state index contributed by atoms with van der Waals surface area (Å²) in [4.78, 5) is 53.6. The number of para-hydroxylation sites is 1. The van der Waals surface area contributed by atoms with Gasteiger partial charge in [0.25, 0.3) is 11.8 Å². The molecule has 4 amide bonds. The lowest BCUT2D eigenvalue weighted by Crippen LogP contribution is -2.62. The van der Waals surface area contributed by atoms with Gasteiger partial charge in [-0.1, -0.05) is 24.3 Å². The van der Waals surface area contributed by atoms with E-state index in [4.69, 9.17) is 0 Å². The average molecular weight is 485 g/mol. The molecule has 0 saturated carbocycles. The first-order valence-corrected chi connectivity index (χ1v) is 10.7. The van der Waals surface area contributed by atoms with Crippen LogP contribution >= 0.6 is 15.9 Å². The number of rotatable bonds is 4. The van der Waals surface area contributed by atoms with E-state index in [1.165, 1.54) is 0 Å². The van der Waals surface area contributed by atoms with Gasteiger partial charge >= 0.3 is 0 Å². The second kappa shape index (κ2) is 8.14. The van der Waals surface area contributed by atoms with E-state index in [0.717, 1.165) is 0 Å². The number of amides is 4. The Kier molecular flexibility index (Phi) is 5.53. The van der Waals surface area contributed by atoms with E-state index in [-0.39, 0.29) is 24.8 Å². The Morgan fingerprint density at radius 1 is 1.06 bits per heavy atom. The smallest absolute Gasteiger partial charge is 0.270 e. The summed E-state index contributed by atoms with van der Waals surface area (Å²) < 4.78 is 0.609.